The van der Waals surface area contributed by atoms with E-state index >= 15 is 0 Å². The van der Waals surface area contributed by atoms with E-state index in [1.54, 1.807) is 71.5 Å². The summed E-state index contributed by atoms with van der Waals surface area (Å²) in [5, 5.41) is 19.6. The lowest BCUT2D eigenvalue weighted by Gasteiger charge is -2.24. The third-order valence-electron chi connectivity index (χ3n) is 14.9. The number of hydrogen-bond acceptors (Lipinski definition) is 24. The van der Waals surface area contributed by atoms with Gasteiger partial charge in [-0.05, 0) is 94.1 Å². The predicted molar refractivity (Wildman–Crippen MR) is 358 cm³/mol. The van der Waals surface area contributed by atoms with Crippen LogP contribution in [-0.4, -0.2) is 144 Å². The second kappa shape index (κ2) is 45.9. The Morgan fingerprint density at radius 3 is 1.03 bits per heavy atom. The minimum absolute atomic E-state index is 0.00241. The minimum atomic E-state index is -1.29. The number of benzene rings is 2. The van der Waals surface area contributed by atoms with Crippen LogP contribution < -0.4 is 45.3 Å². The number of nitrogens with one attached hydrogen (secondary N) is 2. The zero-order valence-corrected chi connectivity index (χ0v) is 56.4. The van der Waals surface area contributed by atoms with E-state index in [2.05, 4.69) is 20.0 Å². The summed E-state index contributed by atoms with van der Waals surface area (Å²) in [7, 11) is 0. The number of Topliss-reactive ketones (excluding diaryl/α,β-unsaturated/α-hetero) is 8. The summed E-state index contributed by atoms with van der Waals surface area (Å²) >= 11 is 0. The monoisotopic (exact) mass is 1390 g/mol. The largest absolute Gasteiger partial charge is 0.428 e. The summed E-state index contributed by atoms with van der Waals surface area (Å²) in [6.45, 7) is 4.80. The van der Waals surface area contributed by atoms with E-state index in [-0.39, 0.29) is 126 Å². The van der Waals surface area contributed by atoms with E-state index in [0.717, 1.165) is 5.56 Å². The van der Waals surface area contributed by atoms with E-state index in [1.165, 1.54) is 6.92 Å². The molecule has 6 atom stereocenters. The summed E-state index contributed by atoms with van der Waals surface area (Å²) in [5.74, 6) is -17.1. The van der Waals surface area contributed by atoms with Crippen molar-refractivity contribution in [1.29, 1.82) is 0 Å². The number of ether oxygens (including phenoxy) is 4. The summed E-state index contributed by atoms with van der Waals surface area (Å²) in [6, 6.07) is 17.4. The molecule has 0 saturated carbocycles. The quantitative estimate of drug-likeness (QED) is 0.00690. The van der Waals surface area contributed by atoms with Gasteiger partial charge < -0.3 is 53.3 Å². The van der Waals surface area contributed by atoms with Gasteiger partial charge in [-0.15, -0.1) is 0 Å². The molecule has 0 spiro atoms. The number of hydrazine groups is 2. The lowest BCUT2D eigenvalue weighted by Crippen LogP contribution is -2.36. The Morgan fingerprint density at radius 1 is 0.434 bits per heavy atom. The molecule has 0 amide bonds. The van der Waals surface area contributed by atoms with Gasteiger partial charge in [-0.25, -0.2) is 30.2 Å². The van der Waals surface area contributed by atoms with E-state index < -0.39 is 180 Å². The molecule has 2 rings (SSSR count). The van der Waals surface area contributed by atoms with Gasteiger partial charge in [0.25, 0.3) is 11.9 Å². The van der Waals surface area contributed by atoms with Crippen molar-refractivity contribution in [3.05, 3.63) is 92.0 Å². The van der Waals surface area contributed by atoms with Crippen LogP contribution in [0.4, 0.5) is 0 Å². The van der Waals surface area contributed by atoms with Crippen molar-refractivity contribution >= 4 is 94.0 Å². The van der Waals surface area contributed by atoms with Crippen molar-refractivity contribution in [2.75, 3.05) is 39.8 Å². The van der Waals surface area contributed by atoms with Gasteiger partial charge in [-0.3, -0.25) is 67.5 Å². The topological polar surface area (TPSA) is 558 Å². The van der Waals surface area contributed by atoms with Crippen LogP contribution in [0.3, 0.4) is 0 Å². The first-order chi connectivity index (χ1) is 46.7. The average Bonchev–Trinajstić information content (AvgIpc) is 0.975. The van der Waals surface area contributed by atoms with Gasteiger partial charge in [0, 0.05) is 70.1 Å². The lowest BCUT2D eigenvalue weighted by molar-refractivity contribution is -0.525. The molecular formula is C65H94N14O20. The number of hydrogen-bond donors (Lipinski definition) is 8. The van der Waals surface area contributed by atoms with E-state index in [1.807, 2.05) is 20.8 Å². The van der Waals surface area contributed by atoms with E-state index in [4.69, 9.17) is 53.3 Å². The highest BCUT2D eigenvalue weighted by molar-refractivity contribution is 6.06. The average molecular weight is 1390 g/mol. The van der Waals surface area contributed by atoms with Crippen molar-refractivity contribution in [3.63, 3.8) is 0 Å². The lowest BCUT2D eigenvalue weighted by atomic mass is 9.83. The van der Waals surface area contributed by atoms with Gasteiger partial charge in [0.15, 0.2) is 22.0 Å². The van der Waals surface area contributed by atoms with Gasteiger partial charge in [-0.1, -0.05) is 92.3 Å². The highest BCUT2D eigenvalue weighted by Gasteiger charge is 2.33. The number of nitrogens with zero attached hydrogens (tertiary/aromatic N) is 6. The second-order valence-electron chi connectivity index (χ2n) is 24.9. The van der Waals surface area contributed by atoms with Crippen molar-refractivity contribution in [1.82, 2.24) is 10.9 Å². The third-order valence-corrected chi connectivity index (χ3v) is 14.9. The second-order valence-corrected chi connectivity index (χ2v) is 24.9. The Bertz CT molecular complexity index is 3200. The van der Waals surface area contributed by atoms with Crippen LogP contribution in [0.2, 0.25) is 0 Å². The predicted octanol–water partition coefficient (Wildman–Crippen LogP) is 2.64. The van der Waals surface area contributed by atoms with Crippen LogP contribution in [0.5, 0.6) is 0 Å². The smallest absolute Gasteiger partial charge is 0.312 e. The molecule has 544 valence electrons. The molecule has 14 N–H and O–H groups in total. The first-order valence-electron chi connectivity index (χ1n) is 32.1. The van der Waals surface area contributed by atoms with Crippen molar-refractivity contribution in [3.8, 4) is 0 Å². The molecule has 0 aliphatic heterocycles. The number of rotatable bonds is 51. The first kappa shape index (κ1) is 84.6. The SMILES string of the molecule is CC(=O)CC(=O)CC(Cc1ccccc1)C(=O)CC(=O)C(CC(=O)CC(=O)CC(CCCN=C(N)N)C(=O)OCOC(=O)C(CCCN=C(N)N)CC(=O)CC(=O)CC(CCCN=C(N)N[N+](=O)[O-])C(=O)OCOC(=O)C(CCCN=C(N)N[N+](=O)[O-])CC(C)(C)C)Cc1ccccc1. The normalized spacial score (nSPS) is 13.3. The molecule has 6 unspecified atom stereocenters. The van der Waals surface area contributed by atoms with Crippen molar-refractivity contribution < 1.29 is 86.5 Å². The first-order valence-corrected chi connectivity index (χ1v) is 32.1. The van der Waals surface area contributed by atoms with Crippen LogP contribution in [0.15, 0.2) is 80.6 Å². The summed E-state index contributed by atoms with van der Waals surface area (Å²) in [5.41, 5.74) is 37.3. The van der Waals surface area contributed by atoms with Crippen LogP contribution in [0, 0.1) is 61.2 Å². The summed E-state index contributed by atoms with van der Waals surface area (Å²) in [4.78, 5) is 198. The molecule has 0 aliphatic rings. The van der Waals surface area contributed by atoms with Crippen molar-refractivity contribution in [2.24, 2.45) is 95.3 Å². The number of aliphatic imine (C=N–C) groups is 4. The molecule has 0 saturated heterocycles. The fourth-order valence-corrected chi connectivity index (χ4v) is 10.4. The van der Waals surface area contributed by atoms with E-state index in [9.17, 15) is 77.8 Å². The molecule has 0 fully saturated rings. The number of carbonyl (C=O) groups is 12. The molecular weight excluding hydrogens is 1300 g/mol. The molecule has 34 heteroatoms. The number of nitro groups is 2. The maximum atomic E-state index is 14.1. The summed E-state index contributed by atoms with van der Waals surface area (Å²) in [6.07, 6.45) is -4.32. The zero-order chi connectivity index (χ0) is 74.0. The Hall–Kier alpha value is -10.4. The highest BCUT2D eigenvalue weighted by Crippen LogP contribution is 2.29. The van der Waals surface area contributed by atoms with Crippen molar-refractivity contribution in [2.45, 2.75) is 156 Å². The minimum Gasteiger partial charge on any atom is -0.428 e. The number of carbonyl (C=O) groups excluding carboxylic acids is 12. The van der Waals surface area contributed by atoms with Crippen LogP contribution >= 0.6 is 0 Å². The number of nitrogens with two attached hydrogens (primary N) is 6. The Morgan fingerprint density at radius 2 is 0.727 bits per heavy atom. The Balaban J connectivity index is 2.26. The van der Waals surface area contributed by atoms with E-state index in [0.29, 0.717) is 12.0 Å². The maximum Gasteiger partial charge on any atom is 0.312 e. The molecule has 0 bridgehead atoms. The Labute approximate surface area is 572 Å². The Kier molecular flexibility index (Phi) is 39.2. The fraction of sp³-hybridized carbons (Fsp3) is 0.569. The number of ketones is 8. The molecule has 0 heterocycles. The number of esters is 4. The van der Waals surface area contributed by atoms with Gasteiger partial charge in [0.05, 0.1) is 49.4 Å². The van der Waals surface area contributed by atoms with Crippen LogP contribution in [-0.2, 0) is 89.3 Å². The molecule has 99 heavy (non-hydrogen) atoms. The summed E-state index contributed by atoms with van der Waals surface area (Å²) < 4.78 is 21.2. The van der Waals surface area contributed by atoms with Gasteiger partial charge >= 0.3 is 23.9 Å². The molecule has 0 radical (unpaired) electrons. The standard InChI is InChI=1S/C65H94N14O20/c1-41(80)27-50(81)33-48(28-42-15-7-5-8-16-42)55(86)37-56(87)49(29-43-17-9-6-10-18-43)34-54(85)36-53(84)31-45(20-12-24-73-62(68)69)58(89)97-39-96-57(88)44(19-11-23-72-61(66)67)30-51(82)35-52(83)32-46(21-13-25-74-63(70)76-78(92)93)59(90)98-40-99-60(91)47(38-65(2,3)4)22-14-26-75-64(71)77-79(94)95/h5-10,15-18,44-49H,11-14,19-40H2,1-4H3,(H4,66,67,72)(H4,68,69,73)(H3,70,74,76)(H3,71,75,77). The van der Waals surface area contributed by atoms with Gasteiger partial charge in [0.1, 0.15) is 46.3 Å². The molecule has 2 aromatic rings. The molecule has 0 aliphatic carbocycles. The maximum absolute atomic E-state index is 14.1. The van der Waals surface area contributed by atoms with Gasteiger partial charge in [-0.2, -0.15) is 0 Å². The highest BCUT2D eigenvalue weighted by atomic mass is 16.7. The fourth-order valence-electron chi connectivity index (χ4n) is 10.4. The van der Waals surface area contributed by atoms with Crippen LogP contribution in [0.1, 0.15) is 154 Å². The third kappa shape index (κ3) is 40.0. The van der Waals surface area contributed by atoms with Gasteiger partial charge in [0.2, 0.25) is 13.6 Å². The molecule has 0 aromatic heterocycles. The number of guanidine groups is 4. The zero-order valence-electron chi connectivity index (χ0n) is 56.4. The van der Waals surface area contributed by atoms with Crippen LogP contribution in [0.25, 0.3) is 0 Å². The molecule has 2 aromatic carbocycles. The molecule has 34 nitrogen and oxygen atoms in total.